The molecule has 1 atom stereocenters. The third kappa shape index (κ3) is 7.69. The smallest absolute Gasteiger partial charge is 0.202 e. The van der Waals surface area contributed by atoms with Gasteiger partial charge >= 0.3 is 0 Å². The van der Waals surface area contributed by atoms with E-state index >= 15 is 0 Å². The molecule has 2 fully saturated rings. The van der Waals surface area contributed by atoms with Gasteiger partial charge < -0.3 is 9.32 Å². The van der Waals surface area contributed by atoms with Crippen LogP contribution in [0.4, 0.5) is 4.39 Å². The van der Waals surface area contributed by atoms with E-state index in [1.165, 1.54) is 82.2 Å². The average Bonchev–Trinajstić information content (AvgIpc) is 3.39. The summed E-state index contributed by atoms with van der Waals surface area (Å²) in [6.07, 6.45) is 14.7. The van der Waals surface area contributed by atoms with Crippen LogP contribution in [0.1, 0.15) is 81.4 Å². The molecular weight excluding hydrogens is 467 g/mol. The summed E-state index contributed by atoms with van der Waals surface area (Å²) >= 11 is 1.61. The van der Waals surface area contributed by atoms with Gasteiger partial charge in [-0.3, -0.25) is 0 Å². The number of hydrogen-bond donors (Lipinski definition) is 1. The van der Waals surface area contributed by atoms with Crippen LogP contribution in [0.5, 0.6) is 0 Å². The minimum atomic E-state index is -0.173. The second-order valence-electron chi connectivity index (χ2n) is 10.4. The molecule has 0 spiro atoms. The topological polar surface area (TPSA) is 30.5 Å². The van der Waals surface area contributed by atoms with E-state index in [1.807, 2.05) is 12.5 Å². The fraction of sp³-hybridized carbons (Fsp3) is 0.516. The highest BCUT2D eigenvalue weighted by Crippen LogP contribution is 2.40. The lowest BCUT2D eigenvalue weighted by Crippen LogP contribution is -3.11. The van der Waals surface area contributed by atoms with E-state index in [2.05, 4.69) is 37.3 Å². The molecule has 1 unspecified atom stereocenters. The van der Waals surface area contributed by atoms with Gasteiger partial charge in [0.05, 0.1) is 25.2 Å². The minimum absolute atomic E-state index is 0.173. The summed E-state index contributed by atoms with van der Waals surface area (Å²) in [6.45, 7) is 5.88. The summed E-state index contributed by atoms with van der Waals surface area (Å²) in [7, 11) is 0. The van der Waals surface area contributed by atoms with Gasteiger partial charge in [-0.25, -0.2) is 9.37 Å². The summed E-state index contributed by atoms with van der Waals surface area (Å²) < 4.78 is 18.6. The van der Waals surface area contributed by atoms with Gasteiger partial charge in [-0.05, 0) is 73.6 Å². The zero-order valence-electron chi connectivity index (χ0n) is 21.9. The first-order valence-corrected chi connectivity index (χ1v) is 15.0. The number of hydrogen-bond acceptors (Lipinski definition) is 3. The fourth-order valence-electron chi connectivity index (χ4n) is 5.78. The molecule has 36 heavy (non-hydrogen) atoms. The van der Waals surface area contributed by atoms with Gasteiger partial charge in [0.15, 0.2) is 5.76 Å². The molecule has 1 aromatic heterocycles. The number of nitrogens with zero attached hydrogens (tertiary/aromatic N) is 1. The van der Waals surface area contributed by atoms with Gasteiger partial charge in [-0.15, -0.1) is 11.8 Å². The van der Waals surface area contributed by atoms with Gasteiger partial charge in [0.2, 0.25) is 5.89 Å². The van der Waals surface area contributed by atoms with Crippen LogP contribution >= 0.6 is 11.8 Å². The van der Waals surface area contributed by atoms with Crippen molar-refractivity contribution in [3.63, 3.8) is 0 Å². The van der Waals surface area contributed by atoms with E-state index in [0.717, 1.165) is 29.0 Å². The number of thioether (sulfide) groups is 1. The SMILES string of the molecule is CCC1CC[NH+](Cc2cnc(C(c3ccccc3)C3CCCCC3)o2)CC1.CSc1ccc(F)cc1. The Morgan fingerprint density at radius 2 is 1.67 bits per heavy atom. The van der Waals surface area contributed by atoms with Crippen LogP contribution in [0.3, 0.4) is 0 Å². The van der Waals surface area contributed by atoms with Crippen LogP contribution in [0, 0.1) is 17.7 Å². The Morgan fingerprint density at radius 3 is 2.31 bits per heavy atom. The van der Waals surface area contributed by atoms with Gasteiger partial charge in [0, 0.05) is 4.90 Å². The van der Waals surface area contributed by atoms with Crippen molar-refractivity contribution in [3.05, 3.63) is 83.8 Å². The van der Waals surface area contributed by atoms with E-state index in [-0.39, 0.29) is 5.82 Å². The lowest BCUT2D eigenvalue weighted by molar-refractivity contribution is -0.920. The Morgan fingerprint density at radius 1 is 0.972 bits per heavy atom. The van der Waals surface area contributed by atoms with Crippen LogP contribution < -0.4 is 4.90 Å². The van der Waals surface area contributed by atoms with Crippen molar-refractivity contribution in [1.29, 1.82) is 0 Å². The third-order valence-corrected chi connectivity index (χ3v) is 8.72. The Labute approximate surface area is 220 Å². The largest absolute Gasteiger partial charge is 0.439 e. The molecule has 2 heterocycles. The van der Waals surface area contributed by atoms with Crippen LogP contribution in [-0.4, -0.2) is 24.3 Å². The molecule has 3 nitrogen and oxygen atoms in total. The monoisotopic (exact) mass is 509 g/mol. The average molecular weight is 510 g/mol. The molecule has 2 aliphatic rings. The predicted octanol–water partition coefficient (Wildman–Crippen LogP) is 7.14. The lowest BCUT2D eigenvalue weighted by atomic mass is 9.77. The van der Waals surface area contributed by atoms with Crippen LogP contribution in [0.2, 0.25) is 0 Å². The number of likely N-dealkylation sites (tertiary alicyclic amines) is 1. The number of rotatable bonds is 7. The van der Waals surface area contributed by atoms with Crippen LogP contribution in [0.25, 0.3) is 0 Å². The highest BCUT2D eigenvalue weighted by molar-refractivity contribution is 7.98. The van der Waals surface area contributed by atoms with E-state index in [9.17, 15) is 4.39 Å². The molecule has 1 saturated carbocycles. The van der Waals surface area contributed by atoms with Crippen molar-refractivity contribution < 1.29 is 13.7 Å². The van der Waals surface area contributed by atoms with Crippen molar-refractivity contribution >= 4 is 11.8 Å². The molecule has 0 bridgehead atoms. The molecule has 0 amide bonds. The normalized spacial score (nSPS) is 21.4. The van der Waals surface area contributed by atoms with E-state index in [0.29, 0.717) is 11.8 Å². The first-order valence-electron chi connectivity index (χ1n) is 13.8. The van der Waals surface area contributed by atoms with Crippen molar-refractivity contribution in [2.75, 3.05) is 19.3 Å². The zero-order chi connectivity index (χ0) is 25.2. The quantitative estimate of drug-likeness (QED) is 0.343. The second kappa shape index (κ2) is 14.0. The van der Waals surface area contributed by atoms with E-state index in [1.54, 1.807) is 28.8 Å². The molecule has 194 valence electrons. The van der Waals surface area contributed by atoms with E-state index in [4.69, 9.17) is 9.40 Å². The zero-order valence-corrected chi connectivity index (χ0v) is 22.7. The Bertz CT molecular complexity index is 1010. The van der Waals surface area contributed by atoms with E-state index < -0.39 is 0 Å². The maximum atomic E-state index is 12.2. The van der Waals surface area contributed by atoms with Gasteiger partial charge in [0.25, 0.3) is 0 Å². The van der Waals surface area contributed by atoms with Crippen molar-refractivity contribution in [2.24, 2.45) is 11.8 Å². The summed E-state index contributed by atoms with van der Waals surface area (Å²) in [5.41, 5.74) is 1.37. The first kappa shape index (κ1) is 26.9. The highest BCUT2D eigenvalue weighted by atomic mass is 32.2. The number of nitrogens with one attached hydrogen (secondary N) is 1. The summed E-state index contributed by atoms with van der Waals surface area (Å²) in [5.74, 6) is 3.78. The molecular formula is C31H42FN2OS+. The van der Waals surface area contributed by atoms with Crippen LogP contribution in [-0.2, 0) is 6.54 Å². The summed E-state index contributed by atoms with van der Waals surface area (Å²) in [5, 5.41) is 0. The van der Waals surface area contributed by atoms with Crippen molar-refractivity contribution in [1.82, 2.24) is 4.98 Å². The molecule has 1 aliphatic heterocycles. The predicted molar refractivity (Wildman–Crippen MR) is 147 cm³/mol. The number of quaternary nitrogens is 1. The summed E-state index contributed by atoms with van der Waals surface area (Å²) in [4.78, 5) is 7.54. The first-order chi connectivity index (χ1) is 17.7. The summed E-state index contributed by atoms with van der Waals surface area (Å²) in [6, 6.07) is 17.4. The van der Waals surface area contributed by atoms with Gasteiger partial charge in [-0.2, -0.15) is 0 Å². The molecule has 5 rings (SSSR count). The molecule has 1 aliphatic carbocycles. The maximum absolute atomic E-state index is 12.2. The highest BCUT2D eigenvalue weighted by Gasteiger charge is 2.31. The Hall–Kier alpha value is -2.11. The third-order valence-electron chi connectivity index (χ3n) is 7.98. The number of benzene rings is 2. The van der Waals surface area contributed by atoms with Crippen molar-refractivity contribution in [3.8, 4) is 0 Å². The number of piperidine rings is 1. The number of halogens is 1. The van der Waals surface area contributed by atoms with Gasteiger partial charge in [0.1, 0.15) is 12.4 Å². The number of aromatic nitrogens is 1. The lowest BCUT2D eigenvalue weighted by Gasteiger charge is -2.29. The molecule has 3 aromatic rings. The van der Waals surface area contributed by atoms with Crippen molar-refractivity contribution in [2.45, 2.75) is 75.6 Å². The van der Waals surface area contributed by atoms with Gasteiger partial charge in [-0.1, -0.05) is 62.9 Å². The standard InChI is InChI=1S/C24H34N2O.C7H7FS/c1-2-19-13-15-26(16-14-19)18-22-17-25-24(27-22)23(20-9-5-3-6-10-20)21-11-7-4-8-12-21;1-9-7-4-2-6(8)3-5-7/h3,5-6,9-10,17,19,21,23H,2,4,7-8,11-16,18H2,1H3;2-5H,1H3/p+1. The maximum Gasteiger partial charge on any atom is 0.202 e. The molecule has 2 aromatic carbocycles. The Balaban J connectivity index is 0.000000286. The molecule has 0 radical (unpaired) electrons. The second-order valence-corrected chi connectivity index (χ2v) is 11.3. The molecule has 1 N–H and O–H groups in total. The fourth-order valence-corrected chi connectivity index (χ4v) is 6.19. The Kier molecular flexibility index (Phi) is 10.5. The minimum Gasteiger partial charge on any atom is -0.439 e. The number of oxazole rings is 1. The molecule has 1 saturated heterocycles. The van der Waals surface area contributed by atoms with Crippen LogP contribution in [0.15, 0.2) is 70.1 Å². The molecule has 5 heteroatoms.